The molecule has 21 heavy (non-hydrogen) atoms. The van der Waals surface area contributed by atoms with Gasteiger partial charge in [0.2, 0.25) is 0 Å². The molecule has 0 saturated heterocycles. The lowest BCUT2D eigenvalue weighted by Gasteiger charge is -2.04. The maximum Gasteiger partial charge on any atom is 0.197 e. The van der Waals surface area contributed by atoms with E-state index in [4.69, 9.17) is 21.8 Å². The fourth-order valence-electron chi connectivity index (χ4n) is 2.48. The predicted molar refractivity (Wildman–Crippen MR) is 84.9 cm³/mol. The molecule has 0 aliphatic carbocycles. The quantitative estimate of drug-likeness (QED) is 0.574. The van der Waals surface area contributed by atoms with Crippen LogP contribution in [0, 0.1) is 0 Å². The molecular formula is C17H14ClNO2. The first-order valence-corrected chi connectivity index (χ1v) is 7.09. The highest BCUT2D eigenvalue weighted by atomic mass is 35.5. The van der Waals surface area contributed by atoms with Gasteiger partial charge in [0.1, 0.15) is 11.3 Å². The molecule has 0 radical (unpaired) electrons. The van der Waals surface area contributed by atoms with Crippen molar-refractivity contribution in [3.05, 3.63) is 64.4 Å². The maximum absolute atomic E-state index is 12.8. The molecule has 106 valence electrons. The molecule has 0 bridgehead atoms. The second-order valence-electron chi connectivity index (χ2n) is 4.85. The minimum atomic E-state index is -0.119. The van der Waals surface area contributed by atoms with E-state index in [-0.39, 0.29) is 5.78 Å². The van der Waals surface area contributed by atoms with Gasteiger partial charge in [0.05, 0.1) is 5.56 Å². The van der Waals surface area contributed by atoms with Gasteiger partial charge in [-0.1, -0.05) is 36.7 Å². The van der Waals surface area contributed by atoms with Crippen LogP contribution >= 0.6 is 11.6 Å². The van der Waals surface area contributed by atoms with Crippen LogP contribution in [-0.4, -0.2) is 5.78 Å². The Kier molecular flexibility index (Phi) is 3.43. The summed E-state index contributed by atoms with van der Waals surface area (Å²) < 4.78 is 5.77. The lowest BCUT2D eigenvalue weighted by molar-refractivity contribution is 0.103. The van der Waals surface area contributed by atoms with Crippen molar-refractivity contribution in [2.24, 2.45) is 0 Å². The van der Waals surface area contributed by atoms with Crippen molar-refractivity contribution >= 4 is 34.0 Å². The van der Waals surface area contributed by atoms with Gasteiger partial charge in [0.15, 0.2) is 5.78 Å². The summed E-state index contributed by atoms with van der Waals surface area (Å²) in [6.45, 7) is 1.96. The van der Waals surface area contributed by atoms with Gasteiger partial charge in [-0.15, -0.1) is 0 Å². The molecule has 0 fully saturated rings. The van der Waals surface area contributed by atoms with E-state index in [1.54, 1.807) is 18.2 Å². The van der Waals surface area contributed by atoms with E-state index in [0.29, 0.717) is 39.6 Å². The van der Waals surface area contributed by atoms with Crippen LogP contribution in [0.15, 0.2) is 46.9 Å². The van der Waals surface area contributed by atoms with Crippen molar-refractivity contribution in [3.8, 4) is 0 Å². The number of para-hydroxylation sites is 1. The number of aryl methyl sites for hydroxylation is 1. The van der Waals surface area contributed by atoms with E-state index in [2.05, 4.69) is 0 Å². The van der Waals surface area contributed by atoms with Gasteiger partial charge in [-0.3, -0.25) is 4.79 Å². The summed E-state index contributed by atoms with van der Waals surface area (Å²) in [6.07, 6.45) is 0.645. The Labute approximate surface area is 127 Å². The van der Waals surface area contributed by atoms with Crippen molar-refractivity contribution in [1.29, 1.82) is 0 Å². The molecule has 0 amide bonds. The molecule has 3 aromatic rings. The van der Waals surface area contributed by atoms with Gasteiger partial charge in [-0.2, -0.15) is 0 Å². The lowest BCUT2D eigenvalue weighted by Crippen LogP contribution is -2.04. The van der Waals surface area contributed by atoms with E-state index < -0.39 is 0 Å². The molecule has 0 aliphatic heterocycles. The number of ketones is 1. The van der Waals surface area contributed by atoms with Crippen LogP contribution in [0.2, 0.25) is 5.02 Å². The third kappa shape index (κ3) is 2.41. The van der Waals surface area contributed by atoms with Crippen LogP contribution in [0.25, 0.3) is 11.0 Å². The first-order chi connectivity index (χ1) is 10.1. The number of anilines is 1. The molecule has 0 atom stereocenters. The number of carbonyl (C=O) groups excluding carboxylic acids is 1. The Morgan fingerprint density at radius 3 is 2.71 bits per heavy atom. The zero-order valence-electron chi connectivity index (χ0n) is 11.5. The molecule has 0 saturated carbocycles. The number of hydrogen-bond acceptors (Lipinski definition) is 3. The molecule has 0 spiro atoms. The Hall–Kier alpha value is -2.26. The highest BCUT2D eigenvalue weighted by molar-refractivity contribution is 6.31. The Morgan fingerprint density at radius 2 is 2.00 bits per heavy atom. The first kappa shape index (κ1) is 13.7. The number of nitrogen functional groups attached to an aromatic ring is 1. The van der Waals surface area contributed by atoms with Crippen molar-refractivity contribution in [2.45, 2.75) is 13.3 Å². The molecule has 0 aliphatic rings. The average molecular weight is 300 g/mol. The van der Waals surface area contributed by atoms with Gasteiger partial charge < -0.3 is 10.2 Å². The van der Waals surface area contributed by atoms with Gasteiger partial charge in [0, 0.05) is 28.1 Å². The second-order valence-corrected chi connectivity index (χ2v) is 5.29. The highest BCUT2D eigenvalue weighted by Crippen LogP contribution is 2.29. The van der Waals surface area contributed by atoms with Crippen LogP contribution in [-0.2, 0) is 6.42 Å². The monoisotopic (exact) mass is 299 g/mol. The third-order valence-electron chi connectivity index (χ3n) is 3.40. The zero-order valence-corrected chi connectivity index (χ0v) is 12.3. The maximum atomic E-state index is 12.8. The van der Waals surface area contributed by atoms with E-state index in [9.17, 15) is 4.79 Å². The Balaban J connectivity index is 2.21. The summed E-state index contributed by atoms with van der Waals surface area (Å²) in [5, 5.41) is 1.27. The number of nitrogens with two attached hydrogens (primary N) is 1. The highest BCUT2D eigenvalue weighted by Gasteiger charge is 2.21. The van der Waals surface area contributed by atoms with Crippen molar-refractivity contribution in [2.75, 3.05) is 5.73 Å². The van der Waals surface area contributed by atoms with E-state index in [0.717, 1.165) is 5.39 Å². The first-order valence-electron chi connectivity index (χ1n) is 6.71. The minimum Gasteiger partial charge on any atom is -0.460 e. The largest absolute Gasteiger partial charge is 0.460 e. The number of benzene rings is 2. The van der Waals surface area contributed by atoms with Crippen molar-refractivity contribution < 1.29 is 9.21 Å². The lowest BCUT2D eigenvalue weighted by atomic mass is 9.99. The summed E-state index contributed by atoms with van der Waals surface area (Å²) in [7, 11) is 0. The predicted octanol–water partition coefficient (Wildman–Crippen LogP) is 4.46. The van der Waals surface area contributed by atoms with Crippen LogP contribution in [0.1, 0.15) is 28.6 Å². The zero-order chi connectivity index (χ0) is 15.0. The SMILES string of the molecule is CCc1oc2ccccc2c1C(=O)c1cc(N)cc(Cl)c1. The molecule has 3 rings (SSSR count). The van der Waals surface area contributed by atoms with Gasteiger partial charge in [-0.05, 0) is 24.3 Å². The standard InChI is InChI=1S/C17H14ClNO2/c1-2-14-16(13-5-3-4-6-15(13)21-14)17(20)10-7-11(18)9-12(19)8-10/h3-9H,2,19H2,1H3. The van der Waals surface area contributed by atoms with Crippen LogP contribution in [0.3, 0.4) is 0 Å². The summed E-state index contributed by atoms with van der Waals surface area (Å²) in [5.41, 5.74) is 8.02. The van der Waals surface area contributed by atoms with Gasteiger partial charge in [0.25, 0.3) is 0 Å². The molecule has 2 N–H and O–H groups in total. The number of halogens is 1. The number of fused-ring (bicyclic) bond motifs is 1. The van der Waals surface area contributed by atoms with Crippen LogP contribution < -0.4 is 5.73 Å². The summed E-state index contributed by atoms with van der Waals surface area (Å²) in [4.78, 5) is 12.8. The normalized spacial score (nSPS) is 11.0. The minimum absolute atomic E-state index is 0.119. The van der Waals surface area contributed by atoms with Crippen molar-refractivity contribution in [3.63, 3.8) is 0 Å². The van der Waals surface area contributed by atoms with Gasteiger partial charge in [-0.25, -0.2) is 0 Å². The third-order valence-corrected chi connectivity index (χ3v) is 3.62. The summed E-state index contributed by atoms with van der Waals surface area (Å²) in [6, 6.07) is 12.4. The van der Waals surface area contributed by atoms with Crippen molar-refractivity contribution in [1.82, 2.24) is 0 Å². The number of hydrogen-bond donors (Lipinski definition) is 1. The van der Waals surface area contributed by atoms with Crippen LogP contribution in [0.5, 0.6) is 0 Å². The average Bonchev–Trinajstić information content (AvgIpc) is 2.83. The Morgan fingerprint density at radius 1 is 1.24 bits per heavy atom. The molecule has 1 heterocycles. The van der Waals surface area contributed by atoms with Gasteiger partial charge >= 0.3 is 0 Å². The molecule has 4 heteroatoms. The number of rotatable bonds is 3. The smallest absolute Gasteiger partial charge is 0.197 e. The fourth-order valence-corrected chi connectivity index (χ4v) is 2.73. The Bertz CT molecular complexity index is 816. The van der Waals surface area contributed by atoms with E-state index in [1.807, 2.05) is 31.2 Å². The second kappa shape index (κ2) is 5.26. The molecule has 3 nitrogen and oxygen atoms in total. The van der Waals surface area contributed by atoms with Crippen LogP contribution in [0.4, 0.5) is 5.69 Å². The fraction of sp³-hybridized carbons (Fsp3) is 0.118. The molecular weight excluding hydrogens is 286 g/mol. The number of furan rings is 1. The van der Waals surface area contributed by atoms with E-state index >= 15 is 0 Å². The number of carbonyl (C=O) groups is 1. The molecule has 1 aromatic heterocycles. The molecule has 0 unspecified atom stereocenters. The van der Waals surface area contributed by atoms with E-state index in [1.165, 1.54) is 0 Å². The molecule has 2 aromatic carbocycles. The summed E-state index contributed by atoms with van der Waals surface area (Å²) >= 11 is 5.99. The summed E-state index contributed by atoms with van der Waals surface area (Å²) in [5.74, 6) is 0.561. The topological polar surface area (TPSA) is 56.2 Å².